The van der Waals surface area contributed by atoms with Crippen molar-refractivity contribution in [1.29, 1.82) is 0 Å². The van der Waals surface area contributed by atoms with Gasteiger partial charge in [0.25, 0.3) is 0 Å². The minimum Gasteiger partial charge on any atom is -0.494 e. The lowest BCUT2D eigenvalue weighted by Gasteiger charge is -2.08. The highest BCUT2D eigenvalue weighted by molar-refractivity contribution is 7.21. The zero-order chi connectivity index (χ0) is 18.7. The predicted octanol–water partition coefficient (Wildman–Crippen LogP) is 4.65. The van der Waals surface area contributed by atoms with Crippen LogP contribution in [0, 0.1) is 6.92 Å². The highest BCUT2D eigenvalue weighted by Crippen LogP contribution is 2.39. The summed E-state index contributed by atoms with van der Waals surface area (Å²) < 4.78 is 11.0. The number of carbonyl (C=O) groups excluding carboxylic acids is 2. The van der Waals surface area contributed by atoms with Crippen LogP contribution in [0.4, 0.5) is 16.2 Å². The van der Waals surface area contributed by atoms with Gasteiger partial charge in [-0.1, -0.05) is 17.7 Å². The molecule has 0 atom stereocenters. The molecule has 2 N–H and O–H groups in total. The molecule has 0 aliphatic rings. The molecule has 2 aromatic carbocycles. The van der Waals surface area contributed by atoms with Gasteiger partial charge in [0.2, 0.25) is 0 Å². The van der Waals surface area contributed by atoms with Crippen molar-refractivity contribution >= 4 is 44.8 Å². The number of fused-ring (bicyclic) bond motifs is 1. The number of amides is 2. The maximum absolute atomic E-state index is 12.2. The molecule has 0 saturated carbocycles. The number of benzene rings is 2. The Hall–Kier alpha value is -3.06. The Balaban J connectivity index is 1.83. The SMILES string of the molecule is COC(=O)c1sc2ccc(NC(=O)Nc3ccc(C)cc3)cc2c1OC. The van der Waals surface area contributed by atoms with Crippen LogP contribution in [0.25, 0.3) is 10.1 Å². The molecule has 3 rings (SSSR count). The van der Waals surface area contributed by atoms with Crippen molar-refractivity contribution in [1.82, 2.24) is 0 Å². The van der Waals surface area contributed by atoms with Crippen molar-refractivity contribution in [2.75, 3.05) is 24.9 Å². The van der Waals surface area contributed by atoms with Gasteiger partial charge in [-0.25, -0.2) is 9.59 Å². The molecule has 0 fully saturated rings. The Morgan fingerprint density at radius 1 is 0.962 bits per heavy atom. The number of aryl methyl sites for hydroxylation is 1. The first-order valence-corrected chi connectivity index (χ1v) is 8.67. The molecular weight excluding hydrogens is 352 g/mol. The summed E-state index contributed by atoms with van der Waals surface area (Å²) >= 11 is 1.28. The lowest BCUT2D eigenvalue weighted by atomic mass is 10.2. The molecular formula is C19H18N2O4S. The molecule has 6 nitrogen and oxygen atoms in total. The number of rotatable bonds is 4. The van der Waals surface area contributed by atoms with E-state index in [4.69, 9.17) is 9.47 Å². The van der Waals surface area contributed by atoms with Crippen LogP contribution in [-0.2, 0) is 4.74 Å². The number of anilines is 2. The lowest BCUT2D eigenvalue weighted by Crippen LogP contribution is -2.19. The normalized spacial score (nSPS) is 10.4. The molecule has 2 amide bonds. The molecule has 0 spiro atoms. The topological polar surface area (TPSA) is 76.7 Å². The van der Waals surface area contributed by atoms with E-state index in [9.17, 15) is 9.59 Å². The molecule has 0 bridgehead atoms. The maximum atomic E-state index is 12.2. The van der Waals surface area contributed by atoms with Gasteiger partial charge in [-0.05, 0) is 37.3 Å². The Morgan fingerprint density at radius 3 is 2.27 bits per heavy atom. The Labute approximate surface area is 154 Å². The fraction of sp³-hybridized carbons (Fsp3) is 0.158. The van der Waals surface area contributed by atoms with Crippen molar-refractivity contribution in [3.8, 4) is 5.75 Å². The average Bonchev–Trinajstić information content (AvgIpc) is 3.00. The van der Waals surface area contributed by atoms with Gasteiger partial charge >= 0.3 is 12.0 Å². The van der Waals surface area contributed by atoms with Crippen LogP contribution in [-0.4, -0.2) is 26.2 Å². The molecule has 7 heteroatoms. The third-order valence-corrected chi connectivity index (χ3v) is 4.92. The summed E-state index contributed by atoms with van der Waals surface area (Å²) in [5.74, 6) is -0.00545. The summed E-state index contributed by atoms with van der Waals surface area (Å²) in [5, 5.41) is 6.30. The summed E-state index contributed by atoms with van der Waals surface area (Å²) in [6.07, 6.45) is 0. The van der Waals surface area contributed by atoms with Crippen LogP contribution in [0.1, 0.15) is 15.2 Å². The van der Waals surface area contributed by atoms with E-state index in [1.54, 1.807) is 12.1 Å². The van der Waals surface area contributed by atoms with E-state index in [2.05, 4.69) is 10.6 Å². The minimum absolute atomic E-state index is 0.351. The first-order chi connectivity index (χ1) is 12.5. The number of thiophene rings is 1. The van der Waals surface area contributed by atoms with E-state index >= 15 is 0 Å². The van der Waals surface area contributed by atoms with Crippen molar-refractivity contribution in [3.63, 3.8) is 0 Å². The Kier molecular flexibility index (Phi) is 5.09. The molecule has 26 heavy (non-hydrogen) atoms. The van der Waals surface area contributed by atoms with E-state index in [1.807, 2.05) is 37.3 Å². The fourth-order valence-electron chi connectivity index (χ4n) is 2.51. The smallest absolute Gasteiger partial charge is 0.351 e. The van der Waals surface area contributed by atoms with Gasteiger partial charge in [0, 0.05) is 21.5 Å². The van der Waals surface area contributed by atoms with Crippen molar-refractivity contribution in [2.24, 2.45) is 0 Å². The van der Waals surface area contributed by atoms with Crippen molar-refractivity contribution in [3.05, 3.63) is 52.9 Å². The molecule has 0 saturated heterocycles. The quantitative estimate of drug-likeness (QED) is 0.656. The van der Waals surface area contributed by atoms with Gasteiger partial charge in [0.15, 0.2) is 10.6 Å². The predicted molar refractivity (Wildman–Crippen MR) is 104 cm³/mol. The van der Waals surface area contributed by atoms with E-state index < -0.39 is 5.97 Å². The molecule has 0 aliphatic carbocycles. The third-order valence-electron chi connectivity index (χ3n) is 3.78. The zero-order valence-electron chi connectivity index (χ0n) is 14.6. The van der Waals surface area contributed by atoms with Gasteiger partial charge in [-0.15, -0.1) is 11.3 Å². The molecule has 0 radical (unpaired) electrons. The summed E-state index contributed by atoms with van der Waals surface area (Å²) in [5.41, 5.74) is 2.41. The lowest BCUT2D eigenvalue weighted by molar-refractivity contribution is 0.0603. The molecule has 0 aliphatic heterocycles. The number of ether oxygens (including phenoxy) is 2. The zero-order valence-corrected chi connectivity index (χ0v) is 15.4. The number of nitrogens with one attached hydrogen (secondary N) is 2. The van der Waals surface area contributed by atoms with Crippen LogP contribution in [0.2, 0.25) is 0 Å². The average molecular weight is 370 g/mol. The van der Waals surface area contributed by atoms with Crippen LogP contribution in [0.5, 0.6) is 5.75 Å². The van der Waals surface area contributed by atoms with Gasteiger partial charge in [-0.2, -0.15) is 0 Å². The standard InChI is InChI=1S/C19H18N2O4S/c1-11-4-6-12(7-5-11)20-19(23)21-13-8-9-15-14(10-13)16(24-2)17(26-15)18(22)25-3/h4-10H,1-3H3,(H2,20,21,23). The van der Waals surface area contributed by atoms with Gasteiger partial charge in [0.1, 0.15) is 0 Å². The van der Waals surface area contributed by atoms with Crippen LogP contribution in [0.15, 0.2) is 42.5 Å². The third kappa shape index (κ3) is 3.62. The number of esters is 1. The molecule has 134 valence electrons. The number of urea groups is 1. The summed E-state index contributed by atoms with van der Waals surface area (Å²) in [4.78, 5) is 24.5. The minimum atomic E-state index is -0.449. The number of hydrogen-bond acceptors (Lipinski definition) is 5. The second-order valence-corrected chi connectivity index (χ2v) is 6.66. The van der Waals surface area contributed by atoms with Gasteiger partial charge in [-0.3, -0.25) is 0 Å². The van der Waals surface area contributed by atoms with Gasteiger partial charge in [0.05, 0.1) is 14.2 Å². The number of methoxy groups -OCH3 is 2. The van der Waals surface area contributed by atoms with Gasteiger partial charge < -0.3 is 20.1 Å². The summed E-state index contributed by atoms with van der Waals surface area (Å²) in [7, 11) is 2.83. The molecule has 3 aromatic rings. The molecule has 1 heterocycles. The van der Waals surface area contributed by atoms with E-state index in [1.165, 1.54) is 25.6 Å². The maximum Gasteiger partial charge on any atom is 0.351 e. The highest BCUT2D eigenvalue weighted by atomic mass is 32.1. The van der Waals surface area contributed by atoms with Crippen LogP contribution >= 0.6 is 11.3 Å². The Morgan fingerprint density at radius 2 is 1.62 bits per heavy atom. The first-order valence-electron chi connectivity index (χ1n) is 7.85. The van der Waals surface area contributed by atoms with Crippen molar-refractivity contribution < 1.29 is 19.1 Å². The summed E-state index contributed by atoms with van der Waals surface area (Å²) in [6, 6.07) is 12.5. The first kappa shape index (κ1) is 17.8. The van der Waals surface area contributed by atoms with E-state index in [-0.39, 0.29) is 6.03 Å². The Bertz CT molecular complexity index is 964. The number of hydrogen-bond donors (Lipinski definition) is 2. The second-order valence-electron chi connectivity index (χ2n) is 5.61. The highest BCUT2D eigenvalue weighted by Gasteiger charge is 2.20. The summed E-state index contributed by atoms with van der Waals surface area (Å²) in [6.45, 7) is 1.98. The fourth-order valence-corrected chi connectivity index (χ4v) is 3.58. The second kappa shape index (κ2) is 7.45. The monoisotopic (exact) mass is 370 g/mol. The van der Waals surface area contributed by atoms with E-state index in [0.29, 0.717) is 22.0 Å². The van der Waals surface area contributed by atoms with Crippen LogP contribution in [0.3, 0.4) is 0 Å². The van der Waals surface area contributed by atoms with Crippen molar-refractivity contribution in [2.45, 2.75) is 6.92 Å². The molecule has 1 aromatic heterocycles. The van der Waals surface area contributed by atoms with Crippen LogP contribution < -0.4 is 15.4 Å². The largest absolute Gasteiger partial charge is 0.494 e. The molecule has 0 unspecified atom stereocenters. The van der Waals surface area contributed by atoms with E-state index in [0.717, 1.165) is 15.6 Å². The number of carbonyl (C=O) groups is 2.